The number of hydrogen-bond donors (Lipinski definition) is 1. The first-order valence-corrected chi connectivity index (χ1v) is 12.2. The van der Waals surface area contributed by atoms with Crippen LogP contribution in [0, 0.1) is 13.8 Å². The summed E-state index contributed by atoms with van der Waals surface area (Å²) in [5, 5.41) is 7.20. The second kappa shape index (κ2) is 10.4. The fraction of sp³-hybridized carbons (Fsp3) is 0.333. The van der Waals surface area contributed by atoms with Crippen molar-refractivity contribution in [1.29, 1.82) is 0 Å². The summed E-state index contributed by atoms with van der Waals surface area (Å²) >= 11 is 0. The molecule has 0 aliphatic carbocycles. The van der Waals surface area contributed by atoms with Gasteiger partial charge < -0.3 is 5.32 Å². The predicted octanol–water partition coefficient (Wildman–Crippen LogP) is 3.21. The Bertz CT molecular complexity index is 1120. The smallest absolute Gasteiger partial charge is 0.235 e. The van der Waals surface area contributed by atoms with Gasteiger partial charge in [0.05, 0.1) is 18.0 Å². The topological polar surface area (TPSA) is 81.1 Å². The van der Waals surface area contributed by atoms with Gasteiger partial charge in [0.15, 0.2) is 9.84 Å². The molecule has 3 rings (SSSR count). The van der Waals surface area contributed by atoms with Crippen LogP contribution < -0.4 is 5.32 Å². The monoisotopic (exact) mass is 439 g/mol. The largest absolute Gasteiger partial charge is 0.351 e. The Labute approximate surface area is 184 Å². The standard InChI is InChI=1S/C24H29N3O3S/c1-19-14-20(2)27(26-19)17-23-11-6-10-22(15-23)16-25-24(28)18-31(29,30)13-7-12-21-8-4-3-5-9-21/h3-6,8-11,14-15H,7,12-13,16-18H2,1-2H3,(H,25,28). The number of nitrogens with one attached hydrogen (secondary N) is 1. The molecule has 0 aliphatic heterocycles. The van der Waals surface area contributed by atoms with Crippen molar-refractivity contribution in [3.63, 3.8) is 0 Å². The summed E-state index contributed by atoms with van der Waals surface area (Å²) in [4.78, 5) is 12.2. The molecule has 0 aliphatic rings. The lowest BCUT2D eigenvalue weighted by Gasteiger charge is -2.09. The van der Waals surface area contributed by atoms with Crippen LogP contribution in [0.1, 0.15) is 34.5 Å². The Morgan fingerprint density at radius 3 is 2.39 bits per heavy atom. The average molecular weight is 440 g/mol. The van der Waals surface area contributed by atoms with Crippen LogP contribution >= 0.6 is 0 Å². The highest BCUT2D eigenvalue weighted by Gasteiger charge is 2.16. The van der Waals surface area contributed by atoms with Gasteiger partial charge in [-0.05, 0) is 49.4 Å². The molecular formula is C24H29N3O3S. The van der Waals surface area contributed by atoms with E-state index in [1.54, 1.807) is 0 Å². The van der Waals surface area contributed by atoms with E-state index in [-0.39, 0.29) is 5.75 Å². The van der Waals surface area contributed by atoms with Crippen molar-refractivity contribution < 1.29 is 13.2 Å². The van der Waals surface area contributed by atoms with Crippen molar-refractivity contribution in [2.75, 3.05) is 11.5 Å². The summed E-state index contributed by atoms with van der Waals surface area (Å²) in [7, 11) is -3.43. The van der Waals surface area contributed by atoms with Crippen molar-refractivity contribution in [3.05, 3.63) is 88.7 Å². The molecule has 31 heavy (non-hydrogen) atoms. The van der Waals surface area contributed by atoms with Crippen molar-refractivity contribution in [2.24, 2.45) is 0 Å². The van der Waals surface area contributed by atoms with Gasteiger partial charge in [0.2, 0.25) is 5.91 Å². The summed E-state index contributed by atoms with van der Waals surface area (Å²) in [6, 6.07) is 19.6. The van der Waals surface area contributed by atoms with Crippen LogP contribution in [0.5, 0.6) is 0 Å². The highest BCUT2D eigenvalue weighted by Crippen LogP contribution is 2.10. The van der Waals surface area contributed by atoms with Crippen molar-refractivity contribution in [3.8, 4) is 0 Å². The summed E-state index contributed by atoms with van der Waals surface area (Å²) in [6.07, 6.45) is 1.19. The minimum Gasteiger partial charge on any atom is -0.351 e. The van der Waals surface area contributed by atoms with E-state index in [0.29, 0.717) is 25.9 Å². The number of carbonyl (C=O) groups excluding carboxylic acids is 1. The number of nitrogens with zero attached hydrogens (tertiary/aromatic N) is 2. The van der Waals surface area contributed by atoms with Gasteiger partial charge in [-0.3, -0.25) is 9.48 Å². The molecule has 1 amide bonds. The molecule has 0 atom stereocenters. The van der Waals surface area contributed by atoms with E-state index in [1.807, 2.05) is 79.2 Å². The number of aromatic nitrogens is 2. The van der Waals surface area contributed by atoms with Crippen LogP contribution in [0.2, 0.25) is 0 Å². The van der Waals surface area contributed by atoms with Gasteiger partial charge in [-0.1, -0.05) is 54.6 Å². The van der Waals surface area contributed by atoms with E-state index < -0.39 is 21.5 Å². The van der Waals surface area contributed by atoms with E-state index in [2.05, 4.69) is 10.4 Å². The second-order valence-electron chi connectivity index (χ2n) is 7.86. The van der Waals surface area contributed by atoms with Gasteiger partial charge >= 0.3 is 0 Å². The Morgan fingerprint density at radius 2 is 1.68 bits per heavy atom. The van der Waals surface area contributed by atoms with Crippen LogP contribution in [0.25, 0.3) is 0 Å². The highest BCUT2D eigenvalue weighted by atomic mass is 32.2. The summed E-state index contributed by atoms with van der Waals surface area (Å²) in [6.45, 7) is 4.93. The van der Waals surface area contributed by atoms with Gasteiger partial charge in [0, 0.05) is 12.2 Å². The van der Waals surface area contributed by atoms with E-state index in [4.69, 9.17) is 0 Å². The minimum absolute atomic E-state index is 0.00738. The molecular weight excluding hydrogens is 410 g/mol. The molecule has 1 heterocycles. The number of aryl methyl sites for hydroxylation is 3. The third kappa shape index (κ3) is 7.36. The number of carbonyl (C=O) groups is 1. The first-order chi connectivity index (χ1) is 14.8. The Kier molecular flexibility index (Phi) is 7.63. The van der Waals surface area contributed by atoms with E-state index in [9.17, 15) is 13.2 Å². The Hall–Kier alpha value is -2.93. The zero-order valence-corrected chi connectivity index (χ0v) is 18.9. The van der Waals surface area contributed by atoms with Gasteiger partial charge in [0.1, 0.15) is 5.75 Å². The molecule has 0 unspecified atom stereocenters. The summed E-state index contributed by atoms with van der Waals surface area (Å²) < 4.78 is 26.5. The summed E-state index contributed by atoms with van der Waals surface area (Å²) in [5.41, 5.74) is 5.17. The molecule has 0 radical (unpaired) electrons. The van der Waals surface area contributed by atoms with E-state index in [1.165, 1.54) is 0 Å². The molecule has 0 saturated heterocycles. The lowest BCUT2D eigenvalue weighted by atomic mass is 10.1. The maximum Gasteiger partial charge on any atom is 0.235 e. The first-order valence-electron chi connectivity index (χ1n) is 10.4. The zero-order valence-electron chi connectivity index (χ0n) is 18.0. The number of amides is 1. The molecule has 3 aromatic rings. The maximum absolute atomic E-state index is 12.3. The number of rotatable bonds is 10. The Morgan fingerprint density at radius 1 is 0.968 bits per heavy atom. The fourth-order valence-corrected chi connectivity index (χ4v) is 4.74. The third-order valence-corrected chi connectivity index (χ3v) is 6.64. The lowest BCUT2D eigenvalue weighted by Crippen LogP contribution is -2.31. The molecule has 7 heteroatoms. The van der Waals surface area contributed by atoms with Gasteiger partial charge in [-0.2, -0.15) is 5.10 Å². The molecule has 0 fully saturated rings. The number of sulfone groups is 1. The van der Waals surface area contributed by atoms with Crippen molar-refractivity contribution >= 4 is 15.7 Å². The van der Waals surface area contributed by atoms with Gasteiger partial charge in [-0.15, -0.1) is 0 Å². The van der Waals surface area contributed by atoms with Crippen LogP contribution in [-0.2, 0) is 34.1 Å². The van der Waals surface area contributed by atoms with Crippen LogP contribution in [0.15, 0.2) is 60.7 Å². The van der Waals surface area contributed by atoms with E-state index >= 15 is 0 Å². The van der Waals surface area contributed by atoms with Crippen LogP contribution in [0.3, 0.4) is 0 Å². The average Bonchev–Trinajstić information content (AvgIpc) is 3.03. The highest BCUT2D eigenvalue weighted by molar-refractivity contribution is 7.92. The molecule has 0 saturated carbocycles. The van der Waals surface area contributed by atoms with Crippen molar-refractivity contribution in [1.82, 2.24) is 15.1 Å². The lowest BCUT2D eigenvalue weighted by molar-refractivity contribution is -0.118. The molecule has 164 valence electrons. The number of hydrogen-bond acceptors (Lipinski definition) is 4. The molecule has 1 N–H and O–H groups in total. The SMILES string of the molecule is Cc1cc(C)n(Cc2cccc(CNC(=O)CS(=O)(=O)CCCc3ccccc3)c2)n1. The van der Waals surface area contributed by atoms with Gasteiger partial charge in [-0.25, -0.2) is 8.42 Å². The van der Waals surface area contributed by atoms with Crippen LogP contribution in [-0.4, -0.2) is 35.6 Å². The third-order valence-electron chi connectivity index (χ3n) is 5.03. The Balaban J connectivity index is 1.47. The molecule has 0 bridgehead atoms. The maximum atomic E-state index is 12.3. The molecule has 6 nitrogen and oxygen atoms in total. The zero-order chi connectivity index (χ0) is 22.3. The molecule has 2 aromatic carbocycles. The molecule has 0 spiro atoms. The fourth-order valence-electron chi connectivity index (χ4n) is 3.51. The molecule has 1 aromatic heterocycles. The second-order valence-corrected chi connectivity index (χ2v) is 10.0. The summed E-state index contributed by atoms with van der Waals surface area (Å²) in [5.74, 6) is -0.940. The van der Waals surface area contributed by atoms with E-state index in [0.717, 1.165) is 28.1 Å². The normalized spacial score (nSPS) is 11.4. The van der Waals surface area contributed by atoms with Crippen LogP contribution in [0.4, 0.5) is 0 Å². The minimum atomic E-state index is -3.43. The van der Waals surface area contributed by atoms with Crippen molar-refractivity contribution in [2.45, 2.75) is 39.8 Å². The first kappa shape index (κ1) is 22.7. The number of benzene rings is 2. The quantitative estimate of drug-likeness (QED) is 0.526. The predicted molar refractivity (Wildman–Crippen MR) is 123 cm³/mol. The van der Waals surface area contributed by atoms with Gasteiger partial charge in [0.25, 0.3) is 0 Å².